The van der Waals surface area contributed by atoms with E-state index in [0.29, 0.717) is 18.5 Å². The van der Waals surface area contributed by atoms with Crippen molar-refractivity contribution in [3.05, 3.63) is 18.0 Å². The molecule has 72 valence electrons. The first-order valence-electron chi connectivity index (χ1n) is 4.63. The van der Waals surface area contributed by atoms with Crippen LogP contribution in [0.1, 0.15) is 24.4 Å². The van der Waals surface area contributed by atoms with E-state index in [9.17, 15) is 0 Å². The van der Waals surface area contributed by atoms with Gasteiger partial charge in [0.2, 0.25) is 0 Å². The Labute approximate surface area is 82.7 Å². The van der Waals surface area contributed by atoms with Gasteiger partial charge in [-0.3, -0.25) is 4.68 Å². The van der Waals surface area contributed by atoms with Gasteiger partial charge in [0, 0.05) is 17.7 Å². The van der Waals surface area contributed by atoms with Gasteiger partial charge in [-0.1, -0.05) is 6.92 Å². The average Bonchev–Trinajstić information content (AvgIpc) is 2.49. The van der Waals surface area contributed by atoms with Gasteiger partial charge >= 0.3 is 0 Å². The maximum Gasteiger partial charge on any atom is 0.0699 e. The predicted molar refractivity (Wildman–Crippen MR) is 56.1 cm³/mol. The molecule has 1 aromatic rings. The first-order chi connectivity index (χ1) is 6.31. The minimum absolute atomic E-state index is 0.432. The zero-order valence-electron chi connectivity index (χ0n) is 7.81. The highest BCUT2D eigenvalue weighted by Crippen LogP contribution is 2.29. The van der Waals surface area contributed by atoms with E-state index in [1.807, 2.05) is 18.0 Å². The van der Waals surface area contributed by atoms with Crippen LogP contribution in [0.15, 0.2) is 12.4 Å². The summed E-state index contributed by atoms with van der Waals surface area (Å²) in [6, 6.07) is 0.628. The summed E-state index contributed by atoms with van der Waals surface area (Å²) < 4.78 is 2.08. The molecule has 0 bridgehead atoms. The summed E-state index contributed by atoms with van der Waals surface area (Å²) in [4.78, 5) is 0. The quantitative estimate of drug-likeness (QED) is 0.792. The second-order valence-corrected chi connectivity index (χ2v) is 4.66. The largest absolute Gasteiger partial charge is 0.330 e. The summed E-state index contributed by atoms with van der Waals surface area (Å²) in [6.07, 6.45) is 4.09. The van der Waals surface area contributed by atoms with E-state index in [1.165, 1.54) is 17.1 Å². The molecule has 13 heavy (non-hydrogen) atoms. The van der Waals surface area contributed by atoms with Crippen LogP contribution in [0.3, 0.4) is 0 Å². The smallest absolute Gasteiger partial charge is 0.0699 e. The molecule has 2 N–H and O–H groups in total. The Morgan fingerprint density at radius 1 is 1.77 bits per heavy atom. The second-order valence-electron chi connectivity index (χ2n) is 3.58. The van der Waals surface area contributed by atoms with E-state index >= 15 is 0 Å². The SMILES string of the molecule is CC(CN)c1cnn(C2CSC2)c1. The molecule has 1 saturated heterocycles. The standard InChI is InChI=1S/C9H15N3S/c1-7(2-10)8-3-11-12(4-8)9-5-13-6-9/h3-4,7,9H,2,5-6,10H2,1H3. The molecule has 1 fully saturated rings. The minimum atomic E-state index is 0.432. The fourth-order valence-electron chi connectivity index (χ4n) is 1.32. The van der Waals surface area contributed by atoms with Crippen molar-refractivity contribution in [3.63, 3.8) is 0 Å². The number of nitrogens with two attached hydrogens (primary N) is 1. The Morgan fingerprint density at radius 2 is 2.54 bits per heavy atom. The van der Waals surface area contributed by atoms with Gasteiger partial charge in [0.25, 0.3) is 0 Å². The molecule has 2 heterocycles. The van der Waals surface area contributed by atoms with Gasteiger partial charge in [0.1, 0.15) is 0 Å². The molecule has 0 aliphatic carbocycles. The average molecular weight is 197 g/mol. The zero-order valence-corrected chi connectivity index (χ0v) is 8.63. The minimum Gasteiger partial charge on any atom is -0.330 e. The summed E-state index contributed by atoms with van der Waals surface area (Å²) in [7, 11) is 0. The van der Waals surface area contributed by atoms with Gasteiger partial charge in [-0.15, -0.1) is 0 Å². The highest BCUT2D eigenvalue weighted by Gasteiger charge is 2.21. The Balaban J connectivity index is 2.08. The van der Waals surface area contributed by atoms with E-state index in [-0.39, 0.29) is 0 Å². The lowest BCUT2D eigenvalue weighted by Crippen LogP contribution is -2.23. The Bertz CT molecular complexity index is 261. The van der Waals surface area contributed by atoms with Crippen molar-refractivity contribution in [3.8, 4) is 0 Å². The molecule has 0 spiro atoms. The molecule has 1 aromatic heterocycles. The van der Waals surface area contributed by atoms with Crippen LogP contribution in [0.4, 0.5) is 0 Å². The van der Waals surface area contributed by atoms with Crippen molar-refractivity contribution >= 4 is 11.8 Å². The predicted octanol–water partition coefficient (Wildman–Crippen LogP) is 1.23. The Kier molecular flexibility index (Phi) is 2.60. The third-order valence-electron chi connectivity index (χ3n) is 2.54. The van der Waals surface area contributed by atoms with Crippen LogP contribution in [-0.4, -0.2) is 27.8 Å². The first kappa shape index (κ1) is 9.09. The molecule has 3 nitrogen and oxygen atoms in total. The molecule has 4 heteroatoms. The summed E-state index contributed by atoms with van der Waals surface area (Å²) in [5.41, 5.74) is 6.86. The number of rotatable bonds is 3. The highest BCUT2D eigenvalue weighted by molar-refractivity contribution is 8.00. The topological polar surface area (TPSA) is 43.8 Å². The van der Waals surface area contributed by atoms with Crippen LogP contribution in [0.5, 0.6) is 0 Å². The molecular weight excluding hydrogens is 182 g/mol. The Morgan fingerprint density at radius 3 is 3.08 bits per heavy atom. The molecule has 1 atom stereocenters. The maximum absolute atomic E-state index is 5.59. The molecule has 0 saturated carbocycles. The molecule has 1 aliphatic heterocycles. The van der Waals surface area contributed by atoms with Crippen LogP contribution in [0.25, 0.3) is 0 Å². The van der Waals surface area contributed by atoms with Gasteiger partial charge in [0.05, 0.1) is 12.2 Å². The summed E-state index contributed by atoms with van der Waals surface area (Å²) in [5.74, 6) is 2.84. The van der Waals surface area contributed by atoms with Crippen LogP contribution in [0, 0.1) is 0 Å². The summed E-state index contributed by atoms with van der Waals surface area (Å²) >= 11 is 1.98. The molecule has 0 radical (unpaired) electrons. The number of hydrogen-bond donors (Lipinski definition) is 1. The van der Waals surface area contributed by atoms with Crippen molar-refractivity contribution in [1.29, 1.82) is 0 Å². The monoisotopic (exact) mass is 197 g/mol. The van der Waals surface area contributed by atoms with E-state index in [0.717, 1.165) is 0 Å². The van der Waals surface area contributed by atoms with Gasteiger partial charge in [-0.05, 0) is 18.0 Å². The molecule has 0 amide bonds. The normalized spacial score (nSPS) is 19.8. The van der Waals surface area contributed by atoms with Crippen molar-refractivity contribution < 1.29 is 0 Å². The summed E-state index contributed by atoms with van der Waals surface area (Å²) in [5, 5.41) is 4.36. The zero-order chi connectivity index (χ0) is 9.26. The fourth-order valence-corrected chi connectivity index (χ4v) is 2.07. The fraction of sp³-hybridized carbons (Fsp3) is 0.667. The van der Waals surface area contributed by atoms with Gasteiger partial charge < -0.3 is 5.73 Å². The van der Waals surface area contributed by atoms with Gasteiger partial charge in [-0.2, -0.15) is 16.9 Å². The number of aromatic nitrogens is 2. The lowest BCUT2D eigenvalue weighted by atomic mass is 10.1. The molecular formula is C9H15N3S. The molecule has 1 aliphatic rings. The third-order valence-corrected chi connectivity index (χ3v) is 3.78. The maximum atomic E-state index is 5.59. The summed E-state index contributed by atoms with van der Waals surface area (Å²) in [6.45, 7) is 2.84. The molecule has 2 rings (SSSR count). The van der Waals surface area contributed by atoms with Crippen molar-refractivity contribution in [2.24, 2.45) is 5.73 Å². The Hall–Kier alpha value is -0.480. The highest BCUT2D eigenvalue weighted by atomic mass is 32.2. The van der Waals surface area contributed by atoms with E-state index in [1.54, 1.807) is 0 Å². The lowest BCUT2D eigenvalue weighted by molar-refractivity contribution is 0.526. The van der Waals surface area contributed by atoms with Crippen LogP contribution in [-0.2, 0) is 0 Å². The van der Waals surface area contributed by atoms with E-state index < -0.39 is 0 Å². The van der Waals surface area contributed by atoms with Crippen molar-refractivity contribution in [2.45, 2.75) is 18.9 Å². The van der Waals surface area contributed by atoms with Gasteiger partial charge in [0.15, 0.2) is 0 Å². The third kappa shape index (κ3) is 1.74. The van der Waals surface area contributed by atoms with E-state index in [4.69, 9.17) is 5.73 Å². The number of thioether (sulfide) groups is 1. The lowest BCUT2D eigenvalue weighted by Gasteiger charge is -2.24. The van der Waals surface area contributed by atoms with Gasteiger partial charge in [-0.25, -0.2) is 0 Å². The van der Waals surface area contributed by atoms with Crippen LogP contribution in [0.2, 0.25) is 0 Å². The van der Waals surface area contributed by atoms with Crippen LogP contribution < -0.4 is 5.73 Å². The van der Waals surface area contributed by atoms with Crippen LogP contribution >= 0.6 is 11.8 Å². The number of nitrogens with zero attached hydrogens (tertiary/aromatic N) is 2. The van der Waals surface area contributed by atoms with Crippen molar-refractivity contribution in [1.82, 2.24) is 9.78 Å². The first-order valence-corrected chi connectivity index (χ1v) is 5.78. The molecule has 0 aromatic carbocycles. The second kappa shape index (κ2) is 3.72. The number of hydrogen-bond acceptors (Lipinski definition) is 3. The molecule has 1 unspecified atom stereocenters. The van der Waals surface area contributed by atoms with E-state index in [2.05, 4.69) is 22.9 Å². The van der Waals surface area contributed by atoms with Crippen molar-refractivity contribution in [2.75, 3.05) is 18.1 Å².